The van der Waals surface area contributed by atoms with Crippen LogP contribution >= 0.6 is 0 Å². The molecule has 0 saturated carbocycles. The molecule has 1 atom stereocenters. The van der Waals surface area contributed by atoms with E-state index in [-0.39, 0.29) is 57.8 Å². The number of aromatic amines is 2. The molecule has 0 saturated heterocycles. The number of carboxylic acids is 1. The quantitative estimate of drug-likeness (QED) is 0.202. The van der Waals surface area contributed by atoms with E-state index in [1.54, 1.807) is 19.1 Å². The summed E-state index contributed by atoms with van der Waals surface area (Å²) in [6.07, 6.45) is 1.28. The van der Waals surface area contributed by atoms with Gasteiger partial charge in [0.25, 0.3) is 0 Å². The maximum Gasteiger partial charge on any atom is 0.303 e. The molecule has 0 spiro atoms. The van der Waals surface area contributed by atoms with Crippen LogP contribution in [0.3, 0.4) is 0 Å². The second-order valence-electron chi connectivity index (χ2n) is 8.66. The number of carboxylic acid groups (broad SMARTS) is 1. The van der Waals surface area contributed by atoms with E-state index in [0.717, 1.165) is 12.1 Å². The Labute approximate surface area is 213 Å². The Morgan fingerprint density at radius 1 is 1.05 bits per heavy atom. The van der Waals surface area contributed by atoms with Gasteiger partial charge in [-0.25, -0.2) is 22.5 Å². The van der Waals surface area contributed by atoms with E-state index in [2.05, 4.69) is 20.2 Å². The molecular weight excluding hydrogens is 504 g/mol. The van der Waals surface area contributed by atoms with Crippen LogP contribution in [0.25, 0.3) is 22.3 Å². The van der Waals surface area contributed by atoms with Crippen LogP contribution in [0.5, 0.6) is 11.5 Å². The molecule has 0 aliphatic carbocycles. The number of benzene rings is 3. The van der Waals surface area contributed by atoms with Crippen LogP contribution in [0.2, 0.25) is 0 Å². The SMILES string of the molecule is C[C@H](c1nc(-c2cc(Oc3c(F)cc4[nH]ccc4c3F)ccc2F)n[nH]1)c1cccc(CCC(=O)O)c1F. The molecule has 0 fully saturated rings. The zero-order valence-corrected chi connectivity index (χ0v) is 19.9. The van der Waals surface area contributed by atoms with Crippen LogP contribution in [-0.4, -0.2) is 31.2 Å². The number of H-pyrrole nitrogens is 2. The predicted octanol–water partition coefficient (Wildman–Crippen LogP) is 6.47. The van der Waals surface area contributed by atoms with Crippen molar-refractivity contribution in [1.29, 1.82) is 0 Å². The van der Waals surface area contributed by atoms with Crippen molar-refractivity contribution in [3.8, 4) is 22.9 Å². The van der Waals surface area contributed by atoms with Crippen molar-refractivity contribution in [2.45, 2.75) is 25.7 Å². The monoisotopic (exact) mass is 524 g/mol. The molecule has 0 amide bonds. The maximum atomic E-state index is 15.1. The van der Waals surface area contributed by atoms with Gasteiger partial charge in [0, 0.05) is 30.0 Å². The lowest BCUT2D eigenvalue weighted by atomic mass is 9.96. The van der Waals surface area contributed by atoms with Gasteiger partial charge in [0.15, 0.2) is 23.2 Å². The Kier molecular flexibility index (Phi) is 6.58. The van der Waals surface area contributed by atoms with Gasteiger partial charge in [-0.05, 0) is 41.8 Å². The third-order valence-electron chi connectivity index (χ3n) is 6.20. The number of nitrogens with zero attached hydrogens (tertiary/aromatic N) is 2. The molecule has 3 aromatic carbocycles. The first-order valence-electron chi connectivity index (χ1n) is 11.6. The summed E-state index contributed by atoms with van der Waals surface area (Å²) in [5.41, 5.74) is 0.679. The fourth-order valence-corrected chi connectivity index (χ4v) is 4.17. The summed E-state index contributed by atoms with van der Waals surface area (Å²) >= 11 is 0. The summed E-state index contributed by atoms with van der Waals surface area (Å²) in [5, 5.41) is 15.7. The average molecular weight is 524 g/mol. The molecule has 0 unspecified atom stereocenters. The molecule has 7 nitrogen and oxygen atoms in total. The molecule has 0 bridgehead atoms. The van der Waals surface area contributed by atoms with Gasteiger partial charge in [0.1, 0.15) is 23.2 Å². The Morgan fingerprint density at radius 2 is 1.87 bits per heavy atom. The first-order valence-corrected chi connectivity index (χ1v) is 11.6. The minimum atomic E-state index is -1.04. The first kappa shape index (κ1) is 25.0. The number of aromatic nitrogens is 4. The number of nitrogens with one attached hydrogen (secondary N) is 2. The van der Waals surface area contributed by atoms with Crippen molar-refractivity contribution in [2.75, 3.05) is 0 Å². The molecule has 2 heterocycles. The highest BCUT2D eigenvalue weighted by atomic mass is 19.1. The van der Waals surface area contributed by atoms with Gasteiger partial charge in [0.2, 0.25) is 0 Å². The van der Waals surface area contributed by atoms with Gasteiger partial charge in [-0.3, -0.25) is 9.89 Å². The zero-order valence-electron chi connectivity index (χ0n) is 19.9. The van der Waals surface area contributed by atoms with Crippen LogP contribution in [0.15, 0.2) is 54.7 Å². The molecule has 38 heavy (non-hydrogen) atoms. The Morgan fingerprint density at radius 3 is 2.66 bits per heavy atom. The van der Waals surface area contributed by atoms with Crippen LogP contribution < -0.4 is 4.74 Å². The number of ether oxygens (including phenoxy) is 1. The molecule has 0 aliphatic heterocycles. The van der Waals surface area contributed by atoms with Crippen molar-refractivity contribution >= 4 is 16.9 Å². The van der Waals surface area contributed by atoms with Gasteiger partial charge in [0.05, 0.1) is 11.1 Å². The topological polar surface area (TPSA) is 104 Å². The molecule has 194 valence electrons. The third-order valence-corrected chi connectivity index (χ3v) is 6.20. The van der Waals surface area contributed by atoms with Crippen LogP contribution in [0.1, 0.15) is 36.2 Å². The molecular formula is C27H20F4N4O3. The van der Waals surface area contributed by atoms with Crippen LogP contribution in [-0.2, 0) is 11.2 Å². The van der Waals surface area contributed by atoms with Gasteiger partial charge in [-0.15, -0.1) is 0 Å². The molecule has 11 heteroatoms. The van der Waals surface area contributed by atoms with Gasteiger partial charge < -0.3 is 14.8 Å². The Balaban J connectivity index is 1.43. The summed E-state index contributed by atoms with van der Waals surface area (Å²) in [6.45, 7) is 1.67. The highest BCUT2D eigenvalue weighted by molar-refractivity contribution is 5.82. The lowest BCUT2D eigenvalue weighted by Gasteiger charge is -2.12. The number of halogens is 4. The van der Waals surface area contributed by atoms with E-state index < -0.39 is 40.9 Å². The van der Waals surface area contributed by atoms with Crippen molar-refractivity contribution in [1.82, 2.24) is 20.2 Å². The predicted molar refractivity (Wildman–Crippen MR) is 130 cm³/mol. The van der Waals surface area contributed by atoms with E-state index in [0.29, 0.717) is 0 Å². The fraction of sp³-hybridized carbons (Fsp3) is 0.148. The van der Waals surface area contributed by atoms with E-state index >= 15 is 4.39 Å². The second kappa shape index (κ2) is 10.0. The highest BCUT2D eigenvalue weighted by Gasteiger charge is 2.22. The number of rotatable bonds is 8. The number of aliphatic carboxylic acids is 1. The van der Waals surface area contributed by atoms with Gasteiger partial charge in [-0.2, -0.15) is 5.10 Å². The summed E-state index contributed by atoms with van der Waals surface area (Å²) < 4.78 is 64.5. The first-order chi connectivity index (χ1) is 18.2. The number of aryl methyl sites for hydroxylation is 1. The molecule has 5 rings (SSSR count). The van der Waals surface area contributed by atoms with Crippen molar-refractivity contribution in [3.63, 3.8) is 0 Å². The van der Waals surface area contributed by atoms with E-state index in [9.17, 15) is 18.0 Å². The molecule has 3 N–H and O–H groups in total. The number of hydrogen-bond acceptors (Lipinski definition) is 4. The van der Waals surface area contributed by atoms with E-state index in [1.165, 1.54) is 30.5 Å². The lowest BCUT2D eigenvalue weighted by Crippen LogP contribution is -2.06. The van der Waals surface area contributed by atoms with E-state index in [1.807, 2.05) is 0 Å². The fourth-order valence-electron chi connectivity index (χ4n) is 4.17. The molecule has 0 radical (unpaired) electrons. The standard InChI is InChI=1S/C27H20F4N4O3/c1-13(16-4-2-3-14(23(16)30)5-8-22(36)37)26-33-27(35-34-26)18-11-15(6-7-19(18)28)38-25-20(29)12-21-17(24(25)31)9-10-32-21/h2-4,6-7,9-13,32H,5,8H2,1H3,(H,36,37)(H,33,34,35)/t13-/m0/s1. The summed E-state index contributed by atoms with van der Waals surface area (Å²) in [5.74, 6) is -5.30. The van der Waals surface area contributed by atoms with Crippen molar-refractivity contribution < 1.29 is 32.2 Å². The minimum Gasteiger partial charge on any atom is -0.481 e. The van der Waals surface area contributed by atoms with Gasteiger partial charge in [-0.1, -0.05) is 25.1 Å². The van der Waals surface area contributed by atoms with Crippen molar-refractivity contribution in [2.24, 2.45) is 0 Å². The van der Waals surface area contributed by atoms with Crippen LogP contribution in [0, 0.1) is 23.3 Å². The van der Waals surface area contributed by atoms with Gasteiger partial charge >= 0.3 is 5.97 Å². The number of hydrogen-bond donors (Lipinski definition) is 3. The van der Waals surface area contributed by atoms with Crippen LogP contribution in [0.4, 0.5) is 17.6 Å². The molecule has 5 aromatic rings. The molecule has 0 aliphatic rings. The minimum absolute atomic E-state index is 0.0274. The zero-order chi connectivity index (χ0) is 27.0. The maximum absolute atomic E-state index is 15.1. The lowest BCUT2D eigenvalue weighted by molar-refractivity contribution is -0.136. The highest BCUT2D eigenvalue weighted by Crippen LogP contribution is 2.35. The smallest absolute Gasteiger partial charge is 0.303 e. The Hall–Kier alpha value is -4.67. The third kappa shape index (κ3) is 4.70. The average Bonchev–Trinajstić information content (AvgIpc) is 3.56. The Bertz CT molecular complexity index is 1660. The molecule has 2 aromatic heterocycles. The number of fused-ring (bicyclic) bond motifs is 1. The normalized spacial score (nSPS) is 12.1. The van der Waals surface area contributed by atoms with E-state index in [4.69, 9.17) is 9.84 Å². The summed E-state index contributed by atoms with van der Waals surface area (Å²) in [4.78, 5) is 17.9. The largest absolute Gasteiger partial charge is 0.481 e. The summed E-state index contributed by atoms with van der Waals surface area (Å²) in [6, 6.07) is 10.7. The number of carbonyl (C=O) groups is 1. The van der Waals surface area contributed by atoms with Crippen molar-refractivity contribution in [3.05, 3.63) is 94.9 Å². The second-order valence-corrected chi connectivity index (χ2v) is 8.66. The summed E-state index contributed by atoms with van der Waals surface area (Å²) in [7, 11) is 0.